The topological polar surface area (TPSA) is 31.2 Å². The summed E-state index contributed by atoms with van der Waals surface area (Å²) in [6, 6.07) is 0. The molecule has 1 rings (SSSR count). The fourth-order valence-corrected chi connectivity index (χ4v) is 0.868. The van der Waals surface area contributed by atoms with Crippen molar-refractivity contribution in [2.24, 2.45) is 5.92 Å². The first-order chi connectivity index (χ1) is 3.93. The van der Waals surface area contributed by atoms with Crippen molar-refractivity contribution in [3.05, 3.63) is 0 Å². The van der Waals surface area contributed by atoms with E-state index in [-0.39, 0.29) is 5.92 Å². The van der Waals surface area contributed by atoms with Crippen LogP contribution in [0.15, 0.2) is 0 Å². The Morgan fingerprint density at radius 1 is 1.38 bits per heavy atom. The number of hydrogen-bond acceptors (Lipinski definition) is 1. The molecule has 1 fully saturated rings. The largest absolute Gasteiger partial charge is 0.291 e. The monoisotopic (exact) mass is 111 g/mol. The van der Waals surface area contributed by atoms with E-state index in [0.29, 0.717) is 0 Å². The Labute approximate surface area is 49.3 Å². The van der Waals surface area contributed by atoms with E-state index in [1.54, 1.807) is 0 Å². The molecule has 1 saturated heterocycles. The molecule has 0 amide bonds. The smallest absolute Gasteiger partial charge is 0.201 e. The maximum Gasteiger partial charge on any atom is 0.201 e. The molecule has 0 spiro atoms. The summed E-state index contributed by atoms with van der Waals surface area (Å²) in [5.41, 5.74) is 0. The Hall–Kier alpha value is -0.370. The molecule has 0 bridgehead atoms. The fraction of sp³-hybridized carbons (Fsp3) is 0.833. The van der Waals surface area contributed by atoms with E-state index in [9.17, 15) is 4.79 Å². The zero-order chi connectivity index (χ0) is 5.82. The Bertz CT molecular complexity index is 76.6. The van der Waals surface area contributed by atoms with E-state index in [4.69, 9.17) is 0 Å². The van der Waals surface area contributed by atoms with Crippen LogP contribution >= 0.6 is 0 Å². The molecule has 1 aliphatic heterocycles. The normalized spacial score (nSPS) is 23.0. The van der Waals surface area contributed by atoms with Crippen LogP contribution in [0.1, 0.15) is 12.8 Å². The van der Waals surface area contributed by atoms with Gasteiger partial charge in [0.15, 0.2) is 0 Å². The number of piperidine rings is 1. The van der Waals surface area contributed by atoms with Crippen molar-refractivity contribution in [3.63, 3.8) is 0 Å². The van der Waals surface area contributed by atoms with E-state index < -0.39 is 0 Å². The SMILES string of the molecule is O=[C]C1CC[N]CC1. The van der Waals surface area contributed by atoms with Crippen LogP contribution in [0.4, 0.5) is 0 Å². The molecule has 0 aliphatic carbocycles. The van der Waals surface area contributed by atoms with Gasteiger partial charge in [-0.1, -0.05) is 0 Å². The molecule has 0 aromatic heterocycles. The number of nitrogens with zero attached hydrogens (tertiary/aromatic N) is 1. The predicted octanol–water partition coefficient (Wildman–Crippen LogP) is 0.110. The van der Waals surface area contributed by atoms with Crippen molar-refractivity contribution >= 4 is 6.29 Å². The summed E-state index contributed by atoms with van der Waals surface area (Å²) in [5.74, 6) is 0.187. The Kier molecular flexibility index (Phi) is 2.03. The minimum absolute atomic E-state index is 0.187. The highest BCUT2D eigenvalue weighted by atomic mass is 16.1. The van der Waals surface area contributed by atoms with Gasteiger partial charge in [0.05, 0.1) is 0 Å². The summed E-state index contributed by atoms with van der Waals surface area (Å²) >= 11 is 0. The third-order valence-electron chi connectivity index (χ3n) is 1.44. The van der Waals surface area contributed by atoms with Crippen molar-refractivity contribution in [1.82, 2.24) is 5.32 Å². The number of rotatable bonds is 1. The minimum atomic E-state index is 0.187. The second kappa shape index (κ2) is 2.82. The molecule has 0 unspecified atom stereocenters. The van der Waals surface area contributed by atoms with Crippen LogP contribution in [0.3, 0.4) is 0 Å². The lowest BCUT2D eigenvalue weighted by atomic mass is 10.0. The number of carbonyl (C=O) groups excluding carboxylic acids is 1. The van der Waals surface area contributed by atoms with Crippen molar-refractivity contribution in [2.75, 3.05) is 13.1 Å². The van der Waals surface area contributed by atoms with Crippen LogP contribution in [0.5, 0.6) is 0 Å². The summed E-state index contributed by atoms with van der Waals surface area (Å²) in [4.78, 5) is 9.99. The Morgan fingerprint density at radius 2 is 2.00 bits per heavy atom. The van der Waals surface area contributed by atoms with Crippen molar-refractivity contribution in [3.8, 4) is 0 Å². The first-order valence-corrected chi connectivity index (χ1v) is 2.94. The molecule has 1 heterocycles. The minimum Gasteiger partial charge on any atom is -0.291 e. The summed E-state index contributed by atoms with van der Waals surface area (Å²) < 4.78 is 0. The summed E-state index contributed by atoms with van der Waals surface area (Å²) in [6.07, 6.45) is 3.83. The van der Waals surface area contributed by atoms with Crippen molar-refractivity contribution in [1.29, 1.82) is 0 Å². The van der Waals surface area contributed by atoms with Gasteiger partial charge in [0.25, 0.3) is 0 Å². The molecular formula is C6H9NO. The zero-order valence-electron chi connectivity index (χ0n) is 4.76. The lowest BCUT2D eigenvalue weighted by Crippen LogP contribution is -2.22. The van der Waals surface area contributed by atoms with Gasteiger partial charge in [-0.05, 0) is 12.8 Å². The van der Waals surface area contributed by atoms with Gasteiger partial charge in [0, 0.05) is 19.0 Å². The van der Waals surface area contributed by atoms with Crippen LogP contribution in [0, 0.1) is 5.92 Å². The van der Waals surface area contributed by atoms with Crippen molar-refractivity contribution < 1.29 is 4.79 Å². The molecule has 1 aliphatic rings. The lowest BCUT2D eigenvalue weighted by molar-refractivity contribution is 0.423. The van der Waals surface area contributed by atoms with Crippen LogP contribution in [0.2, 0.25) is 0 Å². The molecule has 8 heavy (non-hydrogen) atoms. The van der Waals surface area contributed by atoms with Gasteiger partial charge in [0.1, 0.15) is 0 Å². The second-order valence-electron chi connectivity index (χ2n) is 2.06. The molecule has 44 valence electrons. The Morgan fingerprint density at radius 3 is 2.38 bits per heavy atom. The molecule has 2 radical (unpaired) electrons. The first kappa shape index (κ1) is 5.76. The van der Waals surface area contributed by atoms with E-state index in [0.717, 1.165) is 25.9 Å². The average Bonchev–Trinajstić information content (AvgIpc) is 1.90. The maximum atomic E-state index is 9.99. The van der Waals surface area contributed by atoms with Gasteiger partial charge >= 0.3 is 0 Å². The van der Waals surface area contributed by atoms with Gasteiger partial charge in [0.2, 0.25) is 6.29 Å². The fourth-order valence-electron chi connectivity index (χ4n) is 0.868. The predicted molar refractivity (Wildman–Crippen MR) is 30.3 cm³/mol. The quantitative estimate of drug-likeness (QED) is 0.472. The summed E-state index contributed by atoms with van der Waals surface area (Å²) in [5, 5.41) is 4.10. The second-order valence-corrected chi connectivity index (χ2v) is 2.06. The molecule has 0 atom stereocenters. The highest BCUT2D eigenvalue weighted by molar-refractivity contribution is 5.54. The molecule has 2 nitrogen and oxygen atoms in total. The standard InChI is InChI=1S/C6H9NO/c8-5-6-1-3-7-4-2-6/h6H,1-4H2. The van der Waals surface area contributed by atoms with Gasteiger partial charge in [-0.25, -0.2) is 5.32 Å². The van der Waals surface area contributed by atoms with Gasteiger partial charge in [-0.3, -0.25) is 4.79 Å². The molecule has 2 heteroatoms. The van der Waals surface area contributed by atoms with E-state index in [1.807, 2.05) is 6.29 Å². The summed E-state index contributed by atoms with van der Waals surface area (Å²) in [6.45, 7) is 1.72. The van der Waals surface area contributed by atoms with Crippen LogP contribution < -0.4 is 5.32 Å². The highest BCUT2D eigenvalue weighted by Gasteiger charge is 2.11. The summed E-state index contributed by atoms with van der Waals surface area (Å²) in [7, 11) is 0. The van der Waals surface area contributed by atoms with E-state index in [1.165, 1.54) is 0 Å². The zero-order valence-corrected chi connectivity index (χ0v) is 4.76. The molecular weight excluding hydrogens is 102 g/mol. The average molecular weight is 111 g/mol. The maximum absolute atomic E-state index is 9.99. The van der Waals surface area contributed by atoms with Gasteiger partial charge in [-0.2, -0.15) is 0 Å². The third kappa shape index (κ3) is 1.30. The van der Waals surface area contributed by atoms with Gasteiger partial charge in [-0.15, -0.1) is 0 Å². The molecule has 0 aromatic carbocycles. The van der Waals surface area contributed by atoms with Crippen molar-refractivity contribution in [2.45, 2.75) is 12.8 Å². The third-order valence-corrected chi connectivity index (χ3v) is 1.44. The Balaban J connectivity index is 2.22. The molecule has 0 aromatic rings. The first-order valence-electron chi connectivity index (χ1n) is 2.94. The van der Waals surface area contributed by atoms with Crippen LogP contribution in [-0.4, -0.2) is 19.4 Å². The molecule has 0 saturated carbocycles. The number of hydrogen-bond donors (Lipinski definition) is 0. The molecule has 0 N–H and O–H groups in total. The van der Waals surface area contributed by atoms with E-state index >= 15 is 0 Å². The van der Waals surface area contributed by atoms with Crippen LogP contribution in [-0.2, 0) is 4.79 Å². The lowest BCUT2D eigenvalue weighted by Gasteiger charge is -2.13. The van der Waals surface area contributed by atoms with E-state index in [2.05, 4.69) is 5.32 Å². The van der Waals surface area contributed by atoms with Crippen LogP contribution in [0.25, 0.3) is 0 Å². The van der Waals surface area contributed by atoms with Gasteiger partial charge < -0.3 is 0 Å². The highest BCUT2D eigenvalue weighted by Crippen LogP contribution is 2.07.